The first kappa shape index (κ1) is 31.2. The first-order valence-corrected chi connectivity index (χ1v) is 10.5. The smallest absolute Gasteiger partial charge is 0.748 e. The van der Waals surface area contributed by atoms with Crippen LogP contribution in [0.25, 0.3) is 0 Å². The van der Waals surface area contributed by atoms with Crippen molar-refractivity contribution in [1.29, 1.82) is 0 Å². The van der Waals surface area contributed by atoms with Crippen LogP contribution in [0, 0.1) is 0 Å². The van der Waals surface area contributed by atoms with Gasteiger partial charge in [0.25, 0.3) is 0 Å². The fourth-order valence-corrected chi connectivity index (χ4v) is 2.13. The molecule has 0 rings (SSSR count). The largest absolute Gasteiger partial charge is 2.00 e. The SMILES string of the molecule is CC=CC(=O)OCCCS(=O)(=O)[O-].CC=CC(=O)OCCCS(=O)(=O)[O-].[Ca+2]. The normalized spacial score (nSPS) is 11.4. The van der Waals surface area contributed by atoms with Crippen LogP contribution in [0.2, 0.25) is 0 Å². The van der Waals surface area contributed by atoms with Gasteiger partial charge in [-0.1, -0.05) is 12.2 Å². The molecule has 27 heavy (non-hydrogen) atoms. The standard InChI is InChI=1S/2C7H12O5S.Ca/c2*1-2-4-7(8)12-5-3-6-13(9,10)11;/h2*2,4H,3,5-6H2,1H3,(H,9,10,11);/q;;+2/p-2. The molecular weight excluding hydrogens is 432 g/mol. The third-order valence-corrected chi connectivity index (χ3v) is 3.75. The summed E-state index contributed by atoms with van der Waals surface area (Å²) in [6, 6.07) is 0. The quantitative estimate of drug-likeness (QED) is 0.140. The molecule has 0 atom stereocenters. The van der Waals surface area contributed by atoms with Crippen LogP contribution in [0.5, 0.6) is 0 Å². The second-order valence-corrected chi connectivity index (χ2v) is 7.61. The number of hydrogen-bond donors (Lipinski definition) is 0. The van der Waals surface area contributed by atoms with E-state index in [4.69, 9.17) is 0 Å². The number of ether oxygens (including phenoxy) is 2. The zero-order chi connectivity index (χ0) is 20.6. The Hall–Kier alpha value is -0.500. The Morgan fingerprint density at radius 3 is 1.30 bits per heavy atom. The molecule has 0 amide bonds. The van der Waals surface area contributed by atoms with Gasteiger partial charge in [-0.3, -0.25) is 0 Å². The molecule has 0 heterocycles. The molecule has 0 aliphatic heterocycles. The minimum Gasteiger partial charge on any atom is -0.748 e. The van der Waals surface area contributed by atoms with Crippen LogP contribution in [-0.4, -0.2) is 100 Å². The number of hydrogen-bond acceptors (Lipinski definition) is 10. The Labute approximate surface area is 189 Å². The number of allylic oxidation sites excluding steroid dienone is 2. The Morgan fingerprint density at radius 1 is 0.778 bits per heavy atom. The van der Waals surface area contributed by atoms with E-state index in [9.17, 15) is 35.5 Å². The van der Waals surface area contributed by atoms with Crippen LogP contribution in [0.4, 0.5) is 0 Å². The van der Waals surface area contributed by atoms with Gasteiger partial charge in [0.05, 0.1) is 33.5 Å². The third-order valence-electron chi connectivity index (χ3n) is 2.17. The van der Waals surface area contributed by atoms with E-state index in [0.29, 0.717) is 0 Å². The first-order chi connectivity index (χ1) is 11.9. The van der Waals surface area contributed by atoms with Crippen molar-refractivity contribution in [2.24, 2.45) is 0 Å². The maximum absolute atomic E-state index is 10.6. The fourth-order valence-electron chi connectivity index (χ4n) is 1.19. The summed E-state index contributed by atoms with van der Waals surface area (Å²) in [5.41, 5.74) is 0. The molecule has 0 aromatic rings. The van der Waals surface area contributed by atoms with E-state index in [1.807, 2.05) is 0 Å². The molecule has 0 aliphatic carbocycles. The van der Waals surface area contributed by atoms with E-state index >= 15 is 0 Å². The number of esters is 2. The van der Waals surface area contributed by atoms with Crippen LogP contribution in [0.1, 0.15) is 26.7 Å². The van der Waals surface area contributed by atoms with Gasteiger partial charge in [0.1, 0.15) is 0 Å². The Balaban J connectivity index is -0.000000411. The summed E-state index contributed by atoms with van der Waals surface area (Å²) < 4.78 is 69.6. The van der Waals surface area contributed by atoms with Crippen molar-refractivity contribution in [1.82, 2.24) is 0 Å². The van der Waals surface area contributed by atoms with Gasteiger partial charge in [0.2, 0.25) is 0 Å². The maximum atomic E-state index is 10.6. The van der Waals surface area contributed by atoms with Crippen molar-refractivity contribution in [3.63, 3.8) is 0 Å². The molecule has 0 aliphatic rings. The average Bonchev–Trinajstić information content (AvgIpc) is 2.48. The molecule has 0 spiro atoms. The van der Waals surface area contributed by atoms with Crippen LogP contribution in [0.15, 0.2) is 24.3 Å². The molecule has 0 saturated carbocycles. The summed E-state index contributed by atoms with van der Waals surface area (Å²) in [7, 11) is -8.39. The number of carbonyl (C=O) groups excluding carboxylic acids is 2. The summed E-state index contributed by atoms with van der Waals surface area (Å²) >= 11 is 0. The molecule has 0 aromatic carbocycles. The summed E-state index contributed by atoms with van der Waals surface area (Å²) in [4.78, 5) is 21.3. The van der Waals surface area contributed by atoms with Gasteiger partial charge in [-0.2, -0.15) is 0 Å². The molecule has 10 nitrogen and oxygen atoms in total. The van der Waals surface area contributed by atoms with Gasteiger partial charge in [-0.15, -0.1) is 0 Å². The van der Waals surface area contributed by atoms with E-state index in [0.717, 1.165) is 0 Å². The zero-order valence-electron chi connectivity index (χ0n) is 15.2. The van der Waals surface area contributed by atoms with Crippen LogP contribution in [0.3, 0.4) is 0 Å². The van der Waals surface area contributed by atoms with E-state index in [-0.39, 0.29) is 63.8 Å². The molecule has 0 fully saturated rings. The average molecular weight is 455 g/mol. The van der Waals surface area contributed by atoms with Crippen LogP contribution < -0.4 is 0 Å². The Bertz CT molecular complexity index is 621. The predicted molar refractivity (Wildman–Crippen MR) is 95.7 cm³/mol. The second kappa shape index (κ2) is 17.6. The minimum absolute atomic E-state index is 0. The summed E-state index contributed by atoms with van der Waals surface area (Å²) in [5, 5.41) is 0. The number of rotatable bonds is 10. The van der Waals surface area contributed by atoms with Crippen molar-refractivity contribution in [3.05, 3.63) is 24.3 Å². The molecule has 0 N–H and O–H groups in total. The minimum atomic E-state index is -4.19. The van der Waals surface area contributed by atoms with Crippen molar-refractivity contribution in [2.75, 3.05) is 24.7 Å². The Morgan fingerprint density at radius 2 is 1.07 bits per heavy atom. The van der Waals surface area contributed by atoms with Crippen molar-refractivity contribution < 1.29 is 45.0 Å². The summed E-state index contributed by atoms with van der Waals surface area (Å²) in [5.74, 6) is -2.08. The van der Waals surface area contributed by atoms with Gasteiger partial charge >= 0.3 is 49.7 Å². The van der Waals surface area contributed by atoms with Crippen molar-refractivity contribution in [2.45, 2.75) is 26.7 Å². The molecule has 0 aromatic heterocycles. The topological polar surface area (TPSA) is 167 Å². The monoisotopic (exact) mass is 454 g/mol. The van der Waals surface area contributed by atoms with Crippen molar-refractivity contribution in [3.8, 4) is 0 Å². The van der Waals surface area contributed by atoms with Gasteiger partial charge in [-0.05, 0) is 26.7 Å². The van der Waals surface area contributed by atoms with Gasteiger partial charge < -0.3 is 18.6 Å². The zero-order valence-corrected chi connectivity index (χ0v) is 19.0. The van der Waals surface area contributed by atoms with Crippen LogP contribution in [-0.2, 0) is 39.3 Å². The first-order valence-electron chi connectivity index (χ1n) is 7.37. The second-order valence-electron chi connectivity index (χ2n) is 4.57. The van der Waals surface area contributed by atoms with E-state index < -0.39 is 43.7 Å². The predicted octanol–water partition coefficient (Wildman–Crippen LogP) is -0.299. The van der Waals surface area contributed by atoms with E-state index in [1.165, 1.54) is 24.3 Å². The third kappa shape index (κ3) is 30.5. The van der Waals surface area contributed by atoms with Gasteiger partial charge in [0, 0.05) is 23.7 Å². The summed E-state index contributed by atoms with van der Waals surface area (Å²) in [6.07, 6.45) is 5.51. The van der Waals surface area contributed by atoms with Gasteiger partial charge in [0.15, 0.2) is 0 Å². The van der Waals surface area contributed by atoms with E-state index in [2.05, 4.69) is 9.47 Å². The molecular formula is C14H22CaO10S2. The fraction of sp³-hybridized carbons (Fsp3) is 0.571. The summed E-state index contributed by atoms with van der Waals surface area (Å²) in [6.45, 7) is 3.21. The molecule has 0 unspecified atom stereocenters. The molecule has 13 heteroatoms. The number of carbonyl (C=O) groups is 2. The van der Waals surface area contributed by atoms with Crippen molar-refractivity contribution >= 4 is 69.9 Å². The van der Waals surface area contributed by atoms with Crippen LogP contribution >= 0.6 is 0 Å². The molecule has 0 radical (unpaired) electrons. The van der Waals surface area contributed by atoms with Gasteiger partial charge in [-0.25, -0.2) is 26.4 Å². The molecule has 152 valence electrons. The Kier molecular flexibility index (Phi) is 20.3. The molecule has 0 bridgehead atoms. The molecule has 0 saturated heterocycles. The van der Waals surface area contributed by atoms with E-state index in [1.54, 1.807) is 13.8 Å². The maximum Gasteiger partial charge on any atom is 2.00 e.